The highest BCUT2D eigenvalue weighted by atomic mass is 19.2. The van der Waals surface area contributed by atoms with Crippen molar-refractivity contribution in [3.63, 3.8) is 0 Å². The molecular weight excluding hydrogens is 293 g/mol. The number of hydrogen-bond donors (Lipinski definition) is 0. The maximum Gasteiger partial charge on any atom is 0.335 e. The van der Waals surface area contributed by atoms with Crippen molar-refractivity contribution in [3.8, 4) is 17.6 Å². The van der Waals surface area contributed by atoms with Crippen LogP contribution in [-0.4, -0.2) is 5.97 Å². The summed E-state index contributed by atoms with van der Waals surface area (Å²) in [7, 11) is 0. The predicted molar refractivity (Wildman–Crippen MR) is 74.6 cm³/mol. The number of carbonyl (C=O) groups excluding carboxylic acids is 1. The number of carbonyl (C=O) groups is 1. The average Bonchev–Trinajstić information content (AvgIpc) is 2.51. The fourth-order valence-electron chi connectivity index (χ4n) is 1.54. The standard InChI is InChI=1S/C17H9F3O2/c1-2-16(21)22-13-7-5-11(6-8-13)3-4-12-9-14(18)17(20)15(19)10-12/h2,5-10H,1H2. The van der Waals surface area contributed by atoms with E-state index in [1.807, 2.05) is 0 Å². The summed E-state index contributed by atoms with van der Waals surface area (Å²) in [4.78, 5) is 11.0. The smallest absolute Gasteiger partial charge is 0.335 e. The van der Waals surface area contributed by atoms with Crippen molar-refractivity contribution in [1.82, 2.24) is 0 Å². The van der Waals surface area contributed by atoms with E-state index in [2.05, 4.69) is 18.4 Å². The summed E-state index contributed by atoms with van der Waals surface area (Å²) in [6, 6.07) is 7.77. The Balaban J connectivity index is 2.18. The van der Waals surface area contributed by atoms with Crippen molar-refractivity contribution >= 4 is 5.97 Å². The third kappa shape index (κ3) is 3.76. The van der Waals surface area contributed by atoms with Gasteiger partial charge in [0, 0.05) is 17.2 Å². The number of esters is 1. The van der Waals surface area contributed by atoms with E-state index in [4.69, 9.17) is 4.74 Å². The van der Waals surface area contributed by atoms with Crippen LogP contribution in [0.2, 0.25) is 0 Å². The van der Waals surface area contributed by atoms with Gasteiger partial charge in [-0.1, -0.05) is 18.4 Å². The molecule has 0 aliphatic heterocycles. The molecular formula is C17H9F3O2. The first-order valence-electron chi connectivity index (χ1n) is 6.10. The second-order valence-electron chi connectivity index (χ2n) is 4.15. The van der Waals surface area contributed by atoms with E-state index in [-0.39, 0.29) is 5.56 Å². The van der Waals surface area contributed by atoms with Crippen molar-refractivity contribution in [2.45, 2.75) is 0 Å². The molecule has 2 nitrogen and oxygen atoms in total. The van der Waals surface area contributed by atoms with Gasteiger partial charge in [-0.2, -0.15) is 0 Å². The lowest BCUT2D eigenvalue weighted by Crippen LogP contribution is -2.02. The summed E-state index contributed by atoms with van der Waals surface area (Å²) in [6.45, 7) is 3.27. The first kappa shape index (κ1) is 15.4. The van der Waals surface area contributed by atoms with Crippen LogP contribution in [0.15, 0.2) is 49.1 Å². The topological polar surface area (TPSA) is 26.3 Å². The second kappa shape index (κ2) is 6.64. The SMILES string of the molecule is C=CC(=O)Oc1ccc(C#Cc2cc(F)c(F)c(F)c2)cc1. The van der Waals surface area contributed by atoms with Gasteiger partial charge in [0.05, 0.1) is 0 Å². The second-order valence-corrected chi connectivity index (χ2v) is 4.15. The highest BCUT2D eigenvalue weighted by molar-refractivity contribution is 5.83. The number of halogens is 3. The molecule has 0 saturated heterocycles. The van der Waals surface area contributed by atoms with Crippen LogP contribution in [0.1, 0.15) is 11.1 Å². The minimum Gasteiger partial charge on any atom is -0.423 e. The van der Waals surface area contributed by atoms with Crippen molar-refractivity contribution < 1.29 is 22.7 Å². The Morgan fingerprint density at radius 1 is 1.00 bits per heavy atom. The molecule has 0 spiro atoms. The average molecular weight is 302 g/mol. The van der Waals surface area contributed by atoms with E-state index in [1.54, 1.807) is 12.1 Å². The zero-order valence-corrected chi connectivity index (χ0v) is 11.2. The molecule has 0 radical (unpaired) electrons. The van der Waals surface area contributed by atoms with Crippen LogP contribution in [0.3, 0.4) is 0 Å². The van der Waals surface area contributed by atoms with E-state index in [9.17, 15) is 18.0 Å². The number of rotatable bonds is 2. The lowest BCUT2D eigenvalue weighted by molar-refractivity contribution is -0.128. The maximum absolute atomic E-state index is 13.0. The van der Waals surface area contributed by atoms with Gasteiger partial charge in [0.1, 0.15) is 5.75 Å². The molecule has 2 aromatic carbocycles. The van der Waals surface area contributed by atoms with Crippen LogP contribution in [0.4, 0.5) is 13.2 Å². The van der Waals surface area contributed by atoms with Gasteiger partial charge in [0.25, 0.3) is 0 Å². The number of benzene rings is 2. The predicted octanol–water partition coefficient (Wildman–Crippen LogP) is 3.60. The molecule has 22 heavy (non-hydrogen) atoms. The fraction of sp³-hybridized carbons (Fsp3) is 0. The summed E-state index contributed by atoms with van der Waals surface area (Å²) < 4.78 is 43.8. The molecule has 0 aromatic heterocycles. The van der Waals surface area contributed by atoms with E-state index in [1.165, 1.54) is 12.1 Å². The Morgan fingerprint density at radius 2 is 1.55 bits per heavy atom. The quantitative estimate of drug-likeness (QED) is 0.278. The Kier molecular flexibility index (Phi) is 4.64. The fourth-order valence-corrected chi connectivity index (χ4v) is 1.54. The number of ether oxygens (including phenoxy) is 1. The summed E-state index contributed by atoms with van der Waals surface area (Å²) in [5.74, 6) is 0.791. The minimum atomic E-state index is -1.53. The van der Waals surface area contributed by atoms with Gasteiger partial charge in [-0.05, 0) is 36.4 Å². The molecule has 110 valence electrons. The third-order valence-corrected chi connectivity index (χ3v) is 2.57. The van der Waals surface area contributed by atoms with Gasteiger partial charge in [-0.15, -0.1) is 0 Å². The molecule has 0 N–H and O–H groups in total. The summed E-state index contributed by atoms with van der Waals surface area (Å²) in [6.07, 6.45) is 1.03. The van der Waals surface area contributed by atoms with Gasteiger partial charge in [0.15, 0.2) is 17.5 Å². The van der Waals surface area contributed by atoms with Crippen LogP contribution in [0.5, 0.6) is 5.75 Å². The Hall–Kier alpha value is -3.00. The van der Waals surface area contributed by atoms with Gasteiger partial charge in [0.2, 0.25) is 0 Å². The molecule has 5 heteroatoms. The Labute approximate surface area is 124 Å². The molecule has 0 atom stereocenters. The summed E-state index contributed by atoms with van der Waals surface area (Å²) >= 11 is 0. The lowest BCUT2D eigenvalue weighted by Gasteiger charge is -2.00. The van der Waals surface area contributed by atoms with E-state index in [0.29, 0.717) is 11.3 Å². The first-order chi connectivity index (χ1) is 10.5. The first-order valence-corrected chi connectivity index (χ1v) is 6.10. The molecule has 2 aromatic rings. The number of hydrogen-bond acceptors (Lipinski definition) is 2. The van der Waals surface area contributed by atoms with Crippen molar-refractivity contribution in [2.75, 3.05) is 0 Å². The highest BCUT2D eigenvalue weighted by Gasteiger charge is 2.09. The molecule has 0 saturated carbocycles. The van der Waals surface area contributed by atoms with Gasteiger partial charge >= 0.3 is 5.97 Å². The molecule has 0 unspecified atom stereocenters. The van der Waals surface area contributed by atoms with Gasteiger partial charge in [-0.3, -0.25) is 0 Å². The van der Waals surface area contributed by atoms with Crippen LogP contribution in [0, 0.1) is 29.3 Å². The van der Waals surface area contributed by atoms with Crippen molar-refractivity contribution in [3.05, 3.63) is 77.6 Å². The molecule has 0 aliphatic rings. The van der Waals surface area contributed by atoms with Gasteiger partial charge < -0.3 is 4.74 Å². The zero-order valence-electron chi connectivity index (χ0n) is 11.2. The Morgan fingerprint density at radius 3 is 2.09 bits per heavy atom. The molecule has 0 fully saturated rings. The van der Waals surface area contributed by atoms with Gasteiger partial charge in [-0.25, -0.2) is 18.0 Å². The maximum atomic E-state index is 13.0. The monoisotopic (exact) mass is 302 g/mol. The minimum absolute atomic E-state index is 0.0126. The molecule has 0 amide bonds. The molecule has 2 rings (SSSR count). The molecule has 0 heterocycles. The van der Waals surface area contributed by atoms with Crippen LogP contribution in [0.25, 0.3) is 0 Å². The normalized spacial score (nSPS) is 9.59. The zero-order chi connectivity index (χ0) is 16.1. The summed E-state index contributed by atoms with van der Waals surface area (Å²) in [5, 5.41) is 0. The highest BCUT2D eigenvalue weighted by Crippen LogP contribution is 2.14. The van der Waals surface area contributed by atoms with Crippen molar-refractivity contribution in [1.29, 1.82) is 0 Å². The van der Waals surface area contributed by atoms with Crippen LogP contribution < -0.4 is 4.74 Å². The van der Waals surface area contributed by atoms with E-state index in [0.717, 1.165) is 18.2 Å². The third-order valence-electron chi connectivity index (χ3n) is 2.57. The largest absolute Gasteiger partial charge is 0.423 e. The van der Waals surface area contributed by atoms with E-state index >= 15 is 0 Å². The molecule has 0 bridgehead atoms. The van der Waals surface area contributed by atoms with Crippen LogP contribution >= 0.6 is 0 Å². The summed E-state index contributed by atoms with van der Waals surface area (Å²) in [5.41, 5.74) is 0.544. The van der Waals surface area contributed by atoms with E-state index < -0.39 is 23.4 Å². The van der Waals surface area contributed by atoms with Crippen molar-refractivity contribution in [2.24, 2.45) is 0 Å². The molecule has 0 aliphatic carbocycles. The Bertz CT molecular complexity index is 761. The van der Waals surface area contributed by atoms with Crippen LogP contribution in [-0.2, 0) is 4.79 Å². The lowest BCUT2D eigenvalue weighted by atomic mass is 10.1.